The van der Waals surface area contributed by atoms with Gasteiger partial charge in [0, 0.05) is 10.8 Å². The first-order chi connectivity index (χ1) is 6.93. The average Bonchev–Trinajstić information content (AvgIpc) is 2.16. The molecule has 0 aromatic heterocycles. The number of Topliss-reactive ketones (excluding diaryl/α,β-unsaturated/α-hetero) is 1. The molecule has 0 fully saturated rings. The maximum atomic E-state index is 11.9. The Morgan fingerprint density at radius 3 is 2.27 bits per heavy atom. The number of alkyl halides is 2. The summed E-state index contributed by atoms with van der Waals surface area (Å²) >= 11 is 13.2. The van der Waals surface area contributed by atoms with Crippen LogP contribution >= 0.6 is 35.0 Å². The number of ketones is 1. The number of thioether (sulfide) groups is 1. The summed E-state index contributed by atoms with van der Waals surface area (Å²) in [6, 6.07) is 8.84. The van der Waals surface area contributed by atoms with E-state index in [9.17, 15) is 4.79 Å². The average molecular weight is 263 g/mol. The van der Waals surface area contributed by atoms with Crippen LogP contribution in [-0.2, 0) is 0 Å². The molecule has 1 nitrogen and oxygen atoms in total. The minimum absolute atomic E-state index is 0.202. The molecule has 0 aliphatic heterocycles. The summed E-state index contributed by atoms with van der Waals surface area (Å²) in [5.74, 6) is -0.259. The van der Waals surface area contributed by atoms with E-state index < -0.39 is 3.67 Å². The molecule has 1 aromatic rings. The molecule has 0 atom stereocenters. The van der Waals surface area contributed by atoms with Crippen LogP contribution in [0.25, 0.3) is 0 Å². The zero-order valence-corrected chi connectivity index (χ0v) is 10.9. The van der Waals surface area contributed by atoms with Crippen molar-refractivity contribution in [1.29, 1.82) is 0 Å². The molecule has 15 heavy (non-hydrogen) atoms. The molecule has 0 aliphatic carbocycles. The van der Waals surface area contributed by atoms with Gasteiger partial charge in [-0.15, -0.1) is 11.8 Å². The van der Waals surface area contributed by atoms with Crippen LogP contribution in [0.4, 0.5) is 0 Å². The number of hydrogen-bond acceptors (Lipinski definition) is 2. The molecule has 1 rings (SSSR count). The zero-order chi connectivity index (χ0) is 11.5. The quantitative estimate of drug-likeness (QED) is 0.599. The number of carbonyl (C=O) groups is 1. The standard InChI is InChI=1S/C11H12Cl2OS/c1-8(2)15-11(12,13)10(14)9-6-4-3-5-7-9/h3-8H,1-2H3. The highest BCUT2D eigenvalue weighted by Gasteiger charge is 2.35. The van der Waals surface area contributed by atoms with Crippen molar-refractivity contribution >= 4 is 40.7 Å². The highest BCUT2D eigenvalue weighted by atomic mass is 35.5. The number of hydrogen-bond donors (Lipinski definition) is 0. The van der Waals surface area contributed by atoms with Crippen LogP contribution in [0.3, 0.4) is 0 Å². The van der Waals surface area contributed by atoms with E-state index in [1.54, 1.807) is 24.3 Å². The minimum Gasteiger partial charge on any atom is -0.290 e. The van der Waals surface area contributed by atoms with Crippen LogP contribution in [0.5, 0.6) is 0 Å². The van der Waals surface area contributed by atoms with Gasteiger partial charge in [0.15, 0.2) is 0 Å². The Hall–Kier alpha value is -0.180. The molecular formula is C11H12Cl2OS. The normalized spacial score (nSPS) is 11.8. The van der Waals surface area contributed by atoms with Crippen molar-refractivity contribution in [1.82, 2.24) is 0 Å². The molecule has 0 aliphatic rings. The number of benzene rings is 1. The highest BCUT2D eigenvalue weighted by molar-refractivity contribution is 8.04. The second-order valence-corrected chi connectivity index (χ2v) is 6.94. The summed E-state index contributed by atoms with van der Waals surface area (Å²) in [6.07, 6.45) is 0. The molecule has 0 saturated carbocycles. The van der Waals surface area contributed by atoms with Gasteiger partial charge in [-0.05, 0) is 0 Å². The maximum absolute atomic E-state index is 11.9. The number of halogens is 2. The molecule has 0 unspecified atom stereocenters. The van der Waals surface area contributed by atoms with E-state index in [0.717, 1.165) is 0 Å². The molecular weight excluding hydrogens is 251 g/mol. The molecule has 4 heteroatoms. The lowest BCUT2D eigenvalue weighted by Crippen LogP contribution is -2.24. The Morgan fingerprint density at radius 2 is 1.80 bits per heavy atom. The third kappa shape index (κ3) is 3.71. The van der Waals surface area contributed by atoms with Crippen LogP contribution in [0.15, 0.2) is 30.3 Å². The maximum Gasteiger partial charge on any atom is 0.225 e. The topological polar surface area (TPSA) is 17.1 Å². The van der Waals surface area contributed by atoms with Crippen LogP contribution in [0.1, 0.15) is 24.2 Å². The van der Waals surface area contributed by atoms with Crippen LogP contribution in [0.2, 0.25) is 0 Å². The van der Waals surface area contributed by atoms with Gasteiger partial charge in [0.2, 0.25) is 9.45 Å². The Balaban J connectivity index is 2.85. The Labute approximate surface area is 104 Å². The lowest BCUT2D eigenvalue weighted by Gasteiger charge is -2.19. The fraction of sp³-hybridized carbons (Fsp3) is 0.364. The predicted molar refractivity (Wildman–Crippen MR) is 67.9 cm³/mol. The third-order valence-corrected chi connectivity index (χ3v) is 3.51. The summed E-state index contributed by atoms with van der Waals surface area (Å²) in [4.78, 5) is 11.9. The monoisotopic (exact) mass is 262 g/mol. The van der Waals surface area contributed by atoms with Crippen molar-refractivity contribution < 1.29 is 4.79 Å². The van der Waals surface area contributed by atoms with Crippen molar-refractivity contribution in [2.24, 2.45) is 0 Å². The van der Waals surface area contributed by atoms with E-state index in [1.807, 2.05) is 19.9 Å². The predicted octanol–water partition coefficient (Wildman–Crippen LogP) is 4.14. The van der Waals surface area contributed by atoms with Crippen molar-refractivity contribution in [3.8, 4) is 0 Å². The van der Waals surface area contributed by atoms with Crippen LogP contribution in [0, 0.1) is 0 Å². The van der Waals surface area contributed by atoms with Gasteiger partial charge in [-0.25, -0.2) is 0 Å². The van der Waals surface area contributed by atoms with E-state index in [2.05, 4.69) is 0 Å². The second-order valence-electron chi connectivity index (χ2n) is 3.38. The largest absolute Gasteiger partial charge is 0.290 e. The fourth-order valence-electron chi connectivity index (χ4n) is 1.11. The fourth-order valence-corrected chi connectivity index (χ4v) is 3.21. The van der Waals surface area contributed by atoms with Gasteiger partial charge < -0.3 is 0 Å². The van der Waals surface area contributed by atoms with Crippen molar-refractivity contribution in [3.05, 3.63) is 35.9 Å². The summed E-state index contributed by atoms with van der Waals surface area (Å²) in [7, 11) is 0. The Kier molecular flexibility index (Phi) is 4.50. The number of rotatable bonds is 4. The van der Waals surface area contributed by atoms with Crippen LogP contribution < -0.4 is 0 Å². The molecule has 0 saturated heterocycles. The lowest BCUT2D eigenvalue weighted by atomic mass is 10.1. The summed E-state index contributed by atoms with van der Waals surface area (Å²) < 4.78 is -1.39. The van der Waals surface area contributed by atoms with E-state index in [0.29, 0.717) is 5.56 Å². The van der Waals surface area contributed by atoms with Crippen molar-refractivity contribution in [3.63, 3.8) is 0 Å². The molecule has 0 spiro atoms. The molecule has 0 N–H and O–H groups in total. The van der Waals surface area contributed by atoms with E-state index in [1.165, 1.54) is 11.8 Å². The van der Waals surface area contributed by atoms with Gasteiger partial charge >= 0.3 is 0 Å². The van der Waals surface area contributed by atoms with Gasteiger partial charge in [-0.1, -0.05) is 67.4 Å². The number of carbonyl (C=O) groups excluding carboxylic acids is 1. The molecule has 0 bridgehead atoms. The third-order valence-electron chi connectivity index (χ3n) is 1.68. The summed E-state index contributed by atoms with van der Waals surface area (Å²) in [5, 5.41) is 0.202. The second kappa shape index (κ2) is 5.24. The van der Waals surface area contributed by atoms with Gasteiger partial charge in [0.1, 0.15) is 0 Å². The first-order valence-corrected chi connectivity index (χ1v) is 6.22. The van der Waals surface area contributed by atoms with E-state index in [4.69, 9.17) is 23.2 Å². The van der Waals surface area contributed by atoms with Crippen LogP contribution in [-0.4, -0.2) is 14.7 Å². The zero-order valence-electron chi connectivity index (χ0n) is 8.54. The highest BCUT2D eigenvalue weighted by Crippen LogP contribution is 2.40. The molecule has 0 radical (unpaired) electrons. The van der Waals surface area contributed by atoms with Gasteiger partial charge in [-0.3, -0.25) is 4.79 Å². The van der Waals surface area contributed by atoms with Gasteiger partial charge in [0.25, 0.3) is 0 Å². The van der Waals surface area contributed by atoms with Crippen molar-refractivity contribution in [2.75, 3.05) is 0 Å². The smallest absolute Gasteiger partial charge is 0.225 e. The molecule has 1 aromatic carbocycles. The minimum atomic E-state index is -1.39. The molecule has 0 heterocycles. The summed E-state index contributed by atoms with van der Waals surface area (Å²) in [5.41, 5.74) is 0.538. The van der Waals surface area contributed by atoms with Gasteiger partial charge in [0.05, 0.1) is 0 Å². The summed E-state index contributed by atoms with van der Waals surface area (Å²) in [6.45, 7) is 3.89. The van der Waals surface area contributed by atoms with E-state index >= 15 is 0 Å². The molecule has 0 amide bonds. The molecule has 82 valence electrons. The first kappa shape index (κ1) is 12.9. The van der Waals surface area contributed by atoms with Crippen molar-refractivity contribution in [2.45, 2.75) is 22.8 Å². The lowest BCUT2D eigenvalue weighted by molar-refractivity contribution is 0.0998. The SMILES string of the molecule is CC(C)SC(Cl)(Cl)C(=O)c1ccccc1. The van der Waals surface area contributed by atoms with Gasteiger partial charge in [-0.2, -0.15) is 0 Å². The Bertz CT molecular complexity index is 336. The first-order valence-electron chi connectivity index (χ1n) is 4.59. The Morgan fingerprint density at radius 1 is 1.27 bits per heavy atom. The van der Waals surface area contributed by atoms with E-state index in [-0.39, 0.29) is 11.0 Å².